The highest BCUT2D eigenvalue weighted by molar-refractivity contribution is 7.26. The number of benzene rings is 12. The molecule has 0 atom stereocenters. The van der Waals surface area contributed by atoms with Crippen LogP contribution >= 0.6 is 11.3 Å². The Balaban J connectivity index is 0.949. The lowest BCUT2D eigenvalue weighted by Crippen LogP contribution is -2.74. The number of aromatic nitrogens is 1. The molecule has 2 aromatic heterocycles. The predicted octanol–water partition coefficient (Wildman–Crippen LogP) is 16.5. The van der Waals surface area contributed by atoms with Crippen molar-refractivity contribution in [1.82, 2.24) is 4.57 Å². The summed E-state index contributed by atoms with van der Waals surface area (Å²) in [6, 6.07) is 108. The number of anilines is 3. The molecule has 0 saturated heterocycles. The molecule has 0 spiro atoms. The summed E-state index contributed by atoms with van der Waals surface area (Å²) in [5.74, 6) is 0. The van der Waals surface area contributed by atoms with Crippen LogP contribution in [0.3, 0.4) is 0 Å². The molecule has 0 aliphatic heterocycles. The van der Waals surface area contributed by atoms with E-state index in [0.29, 0.717) is 0 Å². The second kappa shape index (κ2) is 18.2. The molecule has 74 heavy (non-hydrogen) atoms. The summed E-state index contributed by atoms with van der Waals surface area (Å²) in [4.78, 5) is 2.42. The molecular weight excluding hydrogens is 929 g/mol. The third-order valence-electron chi connectivity index (χ3n) is 15.1. The maximum absolute atomic E-state index is 2.74. The molecule has 0 unspecified atom stereocenters. The van der Waals surface area contributed by atoms with Crippen molar-refractivity contribution in [3.05, 3.63) is 291 Å². The molecule has 0 saturated carbocycles. The molecule has 14 rings (SSSR count). The first-order valence-corrected chi connectivity index (χ1v) is 28.2. The van der Waals surface area contributed by atoms with E-state index in [1.807, 2.05) is 11.3 Å². The van der Waals surface area contributed by atoms with Crippen LogP contribution in [-0.4, -0.2) is 12.6 Å². The van der Waals surface area contributed by atoms with Gasteiger partial charge in [0.2, 0.25) is 0 Å². The van der Waals surface area contributed by atoms with E-state index in [2.05, 4.69) is 301 Å². The van der Waals surface area contributed by atoms with Crippen molar-refractivity contribution < 1.29 is 0 Å². The fourth-order valence-corrected chi connectivity index (χ4v) is 17.8. The molecule has 0 bridgehead atoms. The highest BCUT2D eigenvalue weighted by Crippen LogP contribution is 2.48. The van der Waals surface area contributed by atoms with Gasteiger partial charge in [-0.25, -0.2) is 0 Å². The zero-order chi connectivity index (χ0) is 49.0. The highest BCUT2D eigenvalue weighted by atomic mass is 32.1. The molecular formula is C70H48N2SSi. The van der Waals surface area contributed by atoms with Crippen LogP contribution in [-0.2, 0) is 0 Å². The number of hydrogen-bond acceptors (Lipinski definition) is 2. The number of rotatable bonds is 10. The lowest BCUT2D eigenvalue weighted by molar-refractivity contribution is 1.19. The molecule has 4 heteroatoms. The standard InChI is InChI=1S/C70H48N2SSi/c1-5-22-52(23-6-1)72-65-34-17-15-31-62(65)68-64(48-67-69(70(68)72)63-32-16-18-35-66(63)73-67)51-38-42-54(43-39-51)71(53-40-36-50(37-41-53)61-33-19-21-49-20-13-14-30-60(49)61)55-44-46-59(47-45-55)74(56-24-7-2-8-25-56,57-26-9-3-10-27-57)58-28-11-4-12-29-58/h1-48H. The van der Waals surface area contributed by atoms with Crippen molar-refractivity contribution >= 4 is 110 Å². The van der Waals surface area contributed by atoms with Gasteiger partial charge in [-0.05, 0) is 121 Å². The van der Waals surface area contributed by atoms with E-state index in [1.165, 1.54) is 95.8 Å². The molecule has 0 N–H and O–H groups in total. The van der Waals surface area contributed by atoms with Gasteiger partial charge in [-0.1, -0.05) is 224 Å². The summed E-state index contributed by atoms with van der Waals surface area (Å²) in [5, 5.41) is 13.0. The third-order valence-corrected chi connectivity index (χ3v) is 21.1. The largest absolute Gasteiger partial charge is 0.311 e. The Kier molecular flexibility index (Phi) is 10.8. The minimum absolute atomic E-state index is 1.09. The zero-order valence-electron chi connectivity index (χ0n) is 40.5. The van der Waals surface area contributed by atoms with E-state index >= 15 is 0 Å². The highest BCUT2D eigenvalue weighted by Gasteiger charge is 2.41. The van der Waals surface area contributed by atoms with Crippen molar-refractivity contribution in [2.45, 2.75) is 0 Å². The molecule has 0 fully saturated rings. The topological polar surface area (TPSA) is 8.17 Å². The Hall–Kier alpha value is -9.06. The summed E-state index contributed by atoms with van der Waals surface area (Å²) in [6.07, 6.45) is 0. The maximum atomic E-state index is 2.49. The zero-order valence-corrected chi connectivity index (χ0v) is 42.3. The molecule has 2 nitrogen and oxygen atoms in total. The van der Waals surface area contributed by atoms with Crippen LogP contribution in [0, 0.1) is 0 Å². The van der Waals surface area contributed by atoms with Gasteiger partial charge < -0.3 is 9.47 Å². The van der Waals surface area contributed by atoms with Gasteiger partial charge in [0, 0.05) is 53.7 Å². The lowest BCUT2D eigenvalue weighted by Gasteiger charge is -2.35. The summed E-state index contributed by atoms with van der Waals surface area (Å²) >= 11 is 1.88. The summed E-state index contributed by atoms with van der Waals surface area (Å²) < 4.78 is 5.07. The van der Waals surface area contributed by atoms with Crippen LogP contribution in [0.4, 0.5) is 17.1 Å². The smallest absolute Gasteiger partial charge is 0.179 e. The summed E-state index contributed by atoms with van der Waals surface area (Å²) in [5.41, 5.74) is 11.7. The monoisotopic (exact) mass is 976 g/mol. The van der Waals surface area contributed by atoms with E-state index in [0.717, 1.165) is 22.7 Å². The average Bonchev–Trinajstić information content (AvgIpc) is 4.06. The molecule has 14 aromatic rings. The van der Waals surface area contributed by atoms with Crippen molar-refractivity contribution in [1.29, 1.82) is 0 Å². The van der Waals surface area contributed by atoms with Crippen LogP contribution in [0.2, 0.25) is 0 Å². The number of nitrogens with zero attached hydrogens (tertiary/aromatic N) is 2. The molecule has 0 amide bonds. The SMILES string of the molecule is c1ccc(-n2c3ccccc3c3c(-c4ccc(N(c5ccc(-c6cccc7ccccc67)cc5)c5ccc([Si](c6ccccc6)(c6ccccc6)c6ccccc6)cc5)cc4)cc4sc5ccccc5c4c32)cc1. The van der Waals surface area contributed by atoms with E-state index in [1.54, 1.807) is 0 Å². The fourth-order valence-electron chi connectivity index (χ4n) is 11.9. The second-order valence-corrected chi connectivity index (χ2v) is 24.1. The molecule has 12 aromatic carbocycles. The van der Waals surface area contributed by atoms with E-state index < -0.39 is 8.07 Å². The maximum Gasteiger partial charge on any atom is 0.179 e. The van der Waals surface area contributed by atoms with Gasteiger partial charge in [-0.3, -0.25) is 0 Å². The number of hydrogen-bond donors (Lipinski definition) is 0. The Labute approximate surface area is 435 Å². The summed E-state index contributed by atoms with van der Waals surface area (Å²) in [7, 11) is -2.74. The van der Waals surface area contributed by atoms with E-state index in [4.69, 9.17) is 0 Å². The Morgan fingerprint density at radius 3 is 1.39 bits per heavy atom. The van der Waals surface area contributed by atoms with Gasteiger partial charge in [0.1, 0.15) is 0 Å². The van der Waals surface area contributed by atoms with Crippen LogP contribution < -0.4 is 25.6 Å². The van der Waals surface area contributed by atoms with E-state index in [-0.39, 0.29) is 0 Å². The van der Waals surface area contributed by atoms with Gasteiger partial charge in [0.25, 0.3) is 0 Å². The number of thiophene rings is 1. The second-order valence-electron chi connectivity index (χ2n) is 19.2. The minimum Gasteiger partial charge on any atom is -0.311 e. The van der Waals surface area contributed by atoms with E-state index in [9.17, 15) is 0 Å². The molecule has 0 aliphatic rings. The third kappa shape index (κ3) is 7.14. The molecule has 0 radical (unpaired) electrons. The first-order valence-electron chi connectivity index (χ1n) is 25.4. The first kappa shape index (κ1) is 43.7. The fraction of sp³-hybridized carbons (Fsp3) is 0. The Morgan fingerprint density at radius 1 is 0.324 bits per heavy atom. The van der Waals surface area contributed by atoms with Gasteiger partial charge in [0.15, 0.2) is 8.07 Å². The Morgan fingerprint density at radius 2 is 0.784 bits per heavy atom. The van der Waals surface area contributed by atoms with Crippen molar-refractivity contribution in [2.24, 2.45) is 0 Å². The first-order chi connectivity index (χ1) is 36.7. The quantitative estimate of drug-likeness (QED) is 0.0979. The van der Waals surface area contributed by atoms with Crippen LogP contribution in [0.5, 0.6) is 0 Å². The normalized spacial score (nSPS) is 11.8. The number of para-hydroxylation sites is 2. The van der Waals surface area contributed by atoms with Crippen LogP contribution in [0.15, 0.2) is 291 Å². The van der Waals surface area contributed by atoms with Crippen molar-refractivity contribution in [3.8, 4) is 27.9 Å². The van der Waals surface area contributed by atoms with Crippen LogP contribution in [0.25, 0.3) is 80.7 Å². The Bertz CT molecular complexity index is 4220. The molecule has 2 heterocycles. The predicted molar refractivity (Wildman–Crippen MR) is 320 cm³/mol. The van der Waals surface area contributed by atoms with Gasteiger partial charge >= 0.3 is 0 Å². The van der Waals surface area contributed by atoms with Gasteiger partial charge in [-0.15, -0.1) is 11.3 Å². The summed E-state index contributed by atoms with van der Waals surface area (Å²) in [6.45, 7) is 0. The van der Waals surface area contributed by atoms with Crippen molar-refractivity contribution in [2.75, 3.05) is 4.90 Å². The average molecular weight is 977 g/mol. The van der Waals surface area contributed by atoms with Gasteiger partial charge in [0.05, 0.1) is 11.0 Å². The molecule has 348 valence electrons. The lowest BCUT2D eigenvalue weighted by atomic mass is 9.96. The molecule has 0 aliphatic carbocycles. The number of fused-ring (bicyclic) bond motifs is 8. The van der Waals surface area contributed by atoms with Crippen molar-refractivity contribution in [3.63, 3.8) is 0 Å². The van der Waals surface area contributed by atoms with Crippen LogP contribution in [0.1, 0.15) is 0 Å². The minimum atomic E-state index is -2.74. The van der Waals surface area contributed by atoms with Gasteiger partial charge in [-0.2, -0.15) is 0 Å².